The summed E-state index contributed by atoms with van der Waals surface area (Å²) in [5.74, 6) is 0. The maximum atomic E-state index is 11.6. The van der Waals surface area contributed by atoms with Crippen LogP contribution in [0.3, 0.4) is 0 Å². The third-order valence-corrected chi connectivity index (χ3v) is 4.14. The highest BCUT2D eigenvalue weighted by Crippen LogP contribution is 2.21. The Labute approximate surface area is 115 Å². The minimum absolute atomic E-state index is 0.133. The predicted octanol–water partition coefficient (Wildman–Crippen LogP) is 1.50. The maximum Gasteiger partial charge on any atom is 0.409 e. The summed E-state index contributed by atoms with van der Waals surface area (Å²) in [5.41, 5.74) is 0. The number of nitrogens with one attached hydrogen (secondary N) is 1. The number of piperidine rings is 1. The van der Waals surface area contributed by atoms with Gasteiger partial charge >= 0.3 is 6.09 Å². The monoisotopic (exact) mass is 270 g/mol. The number of carbonyl (C=O) groups is 1. The Hall–Kier alpha value is -0.810. The largest absolute Gasteiger partial charge is 0.450 e. The van der Waals surface area contributed by atoms with Gasteiger partial charge < -0.3 is 20.1 Å². The minimum atomic E-state index is -0.186. The second-order valence-electron chi connectivity index (χ2n) is 5.64. The first-order valence-electron chi connectivity index (χ1n) is 7.55. The van der Waals surface area contributed by atoms with Gasteiger partial charge in [-0.25, -0.2) is 4.79 Å². The van der Waals surface area contributed by atoms with Crippen LogP contribution in [0.15, 0.2) is 0 Å². The lowest BCUT2D eigenvalue weighted by molar-refractivity contribution is 0.0868. The molecule has 0 aromatic rings. The van der Waals surface area contributed by atoms with Crippen molar-refractivity contribution in [3.63, 3.8) is 0 Å². The van der Waals surface area contributed by atoms with Crippen LogP contribution in [-0.4, -0.2) is 54.0 Å². The van der Waals surface area contributed by atoms with Gasteiger partial charge in [-0.05, 0) is 45.4 Å². The molecule has 0 radical (unpaired) electrons. The van der Waals surface area contributed by atoms with Gasteiger partial charge in [0.25, 0.3) is 0 Å². The Morgan fingerprint density at radius 1 is 1.26 bits per heavy atom. The van der Waals surface area contributed by atoms with Gasteiger partial charge in [-0.15, -0.1) is 0 Å². The topological polar surface area (TPSA) is 61.8 Å². The second-order valence-corrected chi connectivity index (χ2v) is 5.64. The normalized spacial score (nSPS) is 29.3. The van der Waals surface area contributed by atoms with E-state index >= 15 is 0 Å². The highest BCUT2D eigenvalue weighted by atomic mass is 16.6. The summed E-state index contributed by atoms with van der Waals surface area (Å²) < 4.78 is 5.01. The number of carbonyl (C=O) groups excluding carboxylic acids is 1. The van der Waals surface area contributed by atoms with Crippen molar-refractivity contribution in [2.45, 2.75) is 63.6 Å². The molecule has 2 atom stereocenters. The molecule has 1 amide bonds. The summed E-state index contributed by atoms with van der Waals surface area (Å²) in [6.45, 7) is 3.81. The minimum Gasteiger partial charge on any atom is -0.450 e. The number of nitrogens with zero attached hydrogens (tertiary/aromatic N) is 1. The van der Waals surface area contributed by atoms with Crippen LogP contribution in [-0.2, 0) is 4.74 Å². The number of aliphatic hydroxyl groups is 1. The van der Waals surface area contributed by atoms with Crippen LogP contribution < -0.4 is 5.32 Å². The van der Waals surface area contributed by atoms with Crippen LogP contribution in [0.1, 0.15) is 45.4 Å². The molecule has 0 aromatic heterocycles. The van der Waals surface area contributed by atoms with Crippen molar-refractivity contribution in [3.8, 4) is 0 Å². The van der Waals surface area contributed by atoms with Crippen LogP contribution in [0.4, 0.5) is 4.79 Å². The molecule has 0 spiro atoms. The zero-order chi connectivity index (χ0) is 13.7. The predicted molar refractivity (Wildman–Crippen MR) is 73.0 cm³/mol. The fourth-order valence-electron chi connectivity index (χ4n) is 3.09. The Morgan fingerprint density at radius 3 is 2.63 bits per heavy atom. The summed E-state index contributed by atoms with van der Waals surface area (Å²) in [4.78, 5) is 13.4. The third-order valence-electron chi connectivity index (χ3n) is 4.14. The molecule has 1 saturated heterocycles. The summed E-state index contributed by atoms with van der Waals surface area (Å²) >= 11 is 0. The standard InChI is InChI=1S/C14H26N2O3/c1-2-19-14(18)16-8-6-11(7-9-16)15-12-4-3-5-13(17)10-12/h11-13,15,17H,2-10H2,1H3. The highest BCUT2D eigenvalue weighted by Gasteiger charge is 2.27. The first kappa shape index (κ1) is 14.6. The zero-order valence-corrected chi connectivity index (χ0v) is 11.8. The Bertz CT molecular complexity index is 290. The van der Waals surface area contributed by atoms with Crippen molar-refractivity contribution in [1.29, 1.82) is 0 Å². The second kappa shape index (κ2) is 7.10. The molecule has 5 nitrogen and oxygen atoms in total. The van der Waals surface area contributed by atoms with Crippen molar-refractivity contribution in [2.24, 2.45) is 0 Å². The lowest BCUT2D eigenvalue weighted by Gasteiger charge is -2.35. The number of likely N-dealkylation sites (tertiary alicyclic amines) is 1. The molecule has 2 N–H and O–H groups in total. The fourth-order valence-corrected chi connectivity index (χ4v) is 3.09. The van der Waals surface area contributed by atoms with E-state index in [1.165, 1.54) is 0 Å². The molecular weight excluding hydrogens is 244 g/mol. The van der Waals surface area contributed by atoms with Gasteiger partial charge in [0.15, 0.2) is 0 Å². The molecule has 5 heteroatoms. The first-order chi connectivity index (χ1) is 9.19. The molecule has 19 heavy (non-hydrogen) atoms. The maximum absolute atomic E-state index is 11.6. The van der Waals surface area contributed by atoms with Gasteiger partial charge in [0.1, 0.15) is 0 Å². The molecule has 2 fully saturated rings. The lowest BCUT2D eigenvalue weighted by atomic mass is 9.91. The SMILES string of the molecule is CCOC(=O)N1CCC(NC2CCCC(O)C2)CC1. The molecule has 2 aliphatic rings. The number of rotatable bonds is 3. The van der Waals surface area contributed by atoms with E-state index < -0.39 is 0 Å². The van der Waals surface area contributed by atoms with E-state index in [0.717, 1.165) is 51.6 Å². The van der Waals surface area contributed by atoms with Crippen LogP contribution in [0, 0.1) is 0 Å². The van der Waals surface area contributed by atoms with Crippen LogP contribution in [0.25, 0.3) is 0 Å². The van der Waals surface area contributed by atoms with Crippen LogP contribution in [0.2, 0.25) is 0 Å². The molecule has 0 bridgehead atoms. The number of hydrogen-bond donors (Lipinski definition) is 2. The van der Waals surface area contributed by atoms with Crippen molar-refractivity contribution >= 4 is 6.09 Å². The van der Waals surface area contributed by atoms with Crippen molar-refractivity contribution in [2.75, 3.05) is 19.7 Å². The van der Waals surface area contributed by atoms with Gasteiger partial charge in [0.05, 0.1) is 12.7 Å². The van der Waals surface area contributed by atoms with E-state index in [2.05, 4.69) is 5.32 Å². The molecule has 1 aliphatic carbocycles. The highest BCUT2D eigenvalue weighted by molar-refractivity contribution is 5.67. The van der Waals surface area contributed by atoms with Gasteiger partial charge in [-0.3, -0.25) is 0 Å². The molecule has 1 aliphatic heterocycles. The smallest absolute Gasteiger partial charge is 0.409 e. The van der Waals surface area contributed by atoms with Gasteiger partial charge in [0.2, 0.25) is 0 Å². The summed E-state index contributed by atoms with van der Waals surface area (Å²) in [7, 11) is 0. The number of amides is 1. The third kappa shape index (κ3) is 4.35. The summed E-state index contributed by atoms with van der Waals surface area (Å²) in [5, 5.41) is 13.3. The summed E-state index contributed by atoms with van der Waals surface area (Å²) in [6, 6.07) is 0.920. The van der Waals surface area contributed by atoms with Crippen molar-refractivity contribution in [1.82, 2.24) is 10.2 Å². The number of aliphatic hydroxyl groups excluding tert-OH is 1. The zero-order valence-electron chi connectivity index (χ0n) is 11.8. The fraction of sp³-hybridized carbons (Fsp3) is 0.929. The Morgan fingerprint density at radius 2 is 2.00 bits per heavy atom. The van der Waals surface area contributed by atoms with E-state index in [4.69, 9.17) is 4.74 Å². The molecule has 1 saturated carbocycles. The molecule has 0 aromatic carbocycles. The van der Waals surface area contributed by atoms with E-state index in [9.17, 15) is 9.90 Å². The van der Waals surface area contributed by atoms with Gasteiger partial charge in [-0.1, -0.05) is 0 Å². The van der Waals surface area contributed by atoms with Crippen molar-refractivity contribution < 1.29 is 14.6 Å². The summed E-state index contributed by atoms with van der Waals surface area (Å²) in [6.07, 6.45) is 5.73. The van der Waals surface area contributed by atoms with Gasteiger partial charge in [-0.2, -0.15) is 0 Å². The average Bonchev–Trinajstić information content (AvgIpc) is 2.40. The van der Waals surface area contributed by atoms with E-state index in [1.807, 2.05) is 6.92 Å². The van der Waals surface area contributed by atoms with Crippen LogP contribution >= 0.6 is 0 Å². The lowest BCUT2D eigenvalue weighted by Crippen LogP contribution is -2.49. The van der Waals surface area contributed by atoms with E-state index in [1.54, 1.807) is 4.90 Å². The number of ether oxygens (including phenoxy) is 1. The number of hydrogen-bond acceptors (Lipinski definition) is 4. The molecule has 2 rings (SSSR count). The molecule has 2 unspecified atom stereocenters. The molecular formula is C14H26N2O3. The van der Waals surface area contributed by atoms with Crippen molar-refractivity contribution in [3.05, 3.63) is 0 Å². The quantitative estimate of drug-likeness (QED) is 0.816. The first-order valence-corrected chi connectivity index (χ1v) is 7.55. The molecule has 110 valence electrons. The molecule has 1 heterocycles. The van der Waals surface area contributed by atoms with Crippen LogP contribution in [0.5, 0.6) is 0 Å². The van der Waals surface area contributed by atoms with E-state index in [0.29, 0.717) is 18.7 Å². The Balaban J connectivity index is 1.69. The Kier molecular flexibility index (Phi) is 5.45. The average molecular weight is 270 g/mol. The van der Waals surface area contributed by atoms with Gasteiger partial charge in [0, 0.05) is 25.2 Å². The van der Waals surface area contributed by atoms with E-state index in [-0.39, 0.29) is 12.2 Å².